The molecule has 6 nitrogen and oxygen atoms in total. The van der Waals surface area contributed by atoms with Gasteiger partial charge in [0.2, 0.25) is 0 Å². The predicted molar refractivity (Wildman–Crippen MR) is 102 cm³/mol. The van der Waals surface area contributed by atoms with Crippen LogP contribution in [0.5, 0.6) is 5.75 Å². The van der Waals surface area contributed by atoms with Crippen molar-refractivity contribution in [2.24, 2.45) is 4.99 Å². The first-order chi connectivity index (χ1) is 12.3. The summed E-state index contributed by atoms with van der Waals surface area (Å²) in [6.07, 6.45) is 4.04. The molecular weight excluding hydrogens is 334 g/mol. The van der Waals surface area contributed by atoms with Gasteiger partial charge in [-0.3, -0.25) is 4.40 Å². The van der Waals surface area contributed by atoms with Crippen LogP contribution >= 0.6 is 11.3 Å². The number of hydrogen-bond acceptors (Lipinski definition) is 4. The summed E-state index contributed by atoms with van der Waals surface area (Å²) in [5, 5.41) is 5.35. The molecule has 132 valence electrons. The number of thiazole rings is 1. The Hall–Kier alpha value is -2.54. The first-order valence-electron chi connectivity index (χ1n) is 8.34. The zero-order valence-corrected chi connectivity index (χ0v) is 15.4. The Bertz CT molecular complexity index is 783. The van der Waals surface area contributed by atoms with Gasteiger partial charge in [-0.2, -0.15) is 0 Å². The standard InChI is InChI=1S/C18H23N5OS/c1-3-19-17(20-13-15-14-23-10-12-25-18(23)21-15)22(2)9-11-24-16-7-5-4-6-8-16/h4-8,10,12,14H,3,9,11,13H2,1-2H3,(H,19,20). The van der Waals surface area contributed by atoms with Crippen molar-refractivity contribution in [2.75, 3.05) is 26.7 Å². The molecule has 3 aromatic rings. The van der Waals surface area contributed by atoms with Gasteiger partial charge in [-0.15, -0.1) is 11.3 Å². The zero-order valence-electron chi connectivity index (χ0n) is 14.6. The lowest BCUT2D eigenvalue weighted by Crippen LogP contribution is -2.40. The molecule has 7 heteroatoms. The van der Waals surface area contributed by atoms with Gasteiger partial charge in [0.1, 0.15) is 12.4 Å². The number of ether oxygens (including phenoxy) is 1. The molecule has 0 aliphatic carbocycles. The first-order valence-corrected chi connectivity index (χ1v) is 9.22. The van der Waals surface area contributed by atoms with Crippen molar-refractivity contribution < 1.29 is 4.74 Å². The van der Waals surface area contributed by atoms with Gasteiger partial charge >= 0.3 is 0 Å². The molecule has 25 heavy (non-hydrogen) atoms. The molecule has 1 N–H and O–H groups in total. The summed E-state index contributed by atoms with van der Waals surface area (Å²) in [4.78, 5) is 12.3. The number of para-hydroxylation sites is 1. The van der Waals surface area contributed by atoms with Crippen LogP contribution < -0.4 is 10.1 Å². The zero-order chi connectivity index (χ0) is 17.5. The summed E-state index contributed by atoms with van der Waals surface area (Å²) in [6.45, 7) is 4.79. The normalized spacial score (nSPS) is 11.7. The van der Waals surface area contributed by atoms with Crippen LogP contribution in [0.4, 0.5) is 0 Å². The molecule has 0 spiro atoms. The number of likely N-dealkylation sites (N-methyl/N-ethyl adjacent to an activating group) is 1. The van der Waals surface area contributed by atoms with E-state index in [1.165, 1.54) is 0 Å². The maximum Gasteiger partial charge on any atom is 0.194 e. The number of hydrogen-bond donors (Lipinski definition) is 1. The quantitative estimate of drug-likeness (QED) is 0.522. The average molecular weight is 357 g/mol. The van der Waals surface area contributed by atoms with E-state index in [4.69, 9.17) is 4.74 Å². The van der Waals surface area contributed by atoms with Crippen molar-refractivity contribution in [3.63, 3.8) is 0 Å². The molecule has 2 heterocycles. The molecule has 0 radical (unpaired) electrons. The third kappa shape index (κ3) is 4.73. The molecule has 0 unspecified atom stereocenters. The van der Waals surface area contributed by atoms with Crippen LogP contribution in [0.3, 0.4) is 0 Å². The van der Waals surface area contributed by atoms with Crippen LogP contribution in [0.2, 0.25) is 0 Å². The fraction of sp³-hybridized carbons (Fsp3) is 0.333. The Morgan fingerprint density at radius 3 is 2.96 bits per heavy atom. The highest BCUT2D eigenvalue weighted by atomic mass is 32.1. The molecule has 0 atom stereocenters. The topological polar surface area (TPSA) is 54.2 Å². The molecule has 0 aliphatic heterocycles. The molecule has 0 bridgehead atoms. The highest BCUT2D eigenvalue weighted by molar-refractivity contribution is 7.15. The van der Waals surface area contributed by atoms with E-state index in [0.717, 1.165) is 35.5 Å². The van der Waals surface area contributed by atoms with Crippen LogP contribution in [0.15, 0.2) is 53.1 Å². The van der Waals surface area contributed by atoms with Crippen LogP contribution in [0, 0.1) is 0 Å². The second-order valence-electron chi connectivity index (χ2n) is 5.58. The van der Waals surface area contributed by atoms with E-state index >= 15 is 0 Å². The molecule has 2 aromatic heterocycles. The Labute approximate surface area is 151 Å². The van der Waals surface area contributed by atoms with Crippen molar-refractivity contribution in [3.05, 3.63) is 53.8 Å². The average Bonchev–Trinajstić information content (AvgIpc) is 3.21. The second kappa shape index (κ2) is 8.53. The summed E-state index contributed by atoms with van der Waals surface area (Å²) in [5.74, 6) is 1.74. The first kappa shape index (κ1) is 17.3. The summed E-state index contributed by atoms with van der Waals surface area (Å²) >= 11 is 1.63. The Balaban J connectivity index is 1.55. The van der Waals surface area contributed by atoms with Crippen LogP contribution in [0.25, 0.3) is 4.96 Å². The number of imidazole rings is 1. The lowest BCUT2D eigenvalue weighted by molar-refractivity contribution is 0.281. The second-order valence-corrected chi connectivity index (χ2v) is 6.45. The summed E-state index contributed by atoms with van der Waals surface area (Å²) in [6, 6.07) is 9.85. The van der Waals surface area contributed by atoms with Crippen LogP contribution in [-0.4, -0.2) is 47.0 Å². The Kier molecular flexibility index (Phi) is 5.90. The maximum absolute atomic E-state index is 5.76. The SMILES string of the molecule is CCNC(=NCc1cn2ccsc2n1)N(C)CCOc1ccccc1. The molecule has 3 rings (SSSR count). The highest BCUT2D eigenvalue weighted by Crippen LogP contribution is 2.12. The lowest BCUT2D eigenvalue weighted by atomic mass is 10.3. The van der Waals surface area contributed by atoms with Gasteiger partial charge in [0.15, 0.2) is 10.9 Å². The van der Waals surface area contributed by atoms with Crippen molar-refractivity contribution in [3.8, 4) is 5.75 Å². The van der Waals surface area contributed by atoms with Crippen molar-refractivity contribution in [1.82, 2.24) is 19.6 Å². The van der Waals surface area contributed by atoms with Crippen molar-refractivity contribution in [1.29, 1.82) is 0 Å². The van der Waals surface area contributed by atoms with E-state index in [1.54, 1.807) is 11.3 Å². The molecule has 0 fully saturated rings. The van der Waals surface area contributed by atoms with Gasteiger partial charge in [-0.25, -0.2) is 9.98 Å². The number of aliphatic imine (C=N–C) groups is 1. The van der Waals surface area contributed by atoms with E-state index < -0.39 is 0 Å². The minimum absolute atomic E-state index is 0.556. The third-order valence-electron chi connectivity index (χ3n) is 3.67. The number of nitrogens with zero attached hydrogens (tertiary/aromatic N) is 4. The lowest BCUT2D eigenvalue weighted by Gasteiger charge is -2.22. The number of guanidine groups is 1. The summed E-state index contributed by atoms with van der Waals surface area (Å²) in [5.41, 5.74) is 0.969. The third-order valence-corrected chi connectivity index (χ3v) is 4.44. The van der Waals surface area contributed by atoms with Crippen molar-refractivity contribution >= 4 is 22.3 Å². The Morgan fingerprint density at radius 2 is 2.20 bits per heavy atom. The molecule has 1 aromatic carbocycles. The molecular formula is C18H23N5OS. The number of fused-ring (bicyclic) bond motifs is 1. The molecule has 0 aliphatic rings. The number of aromatic nitrogens is 2. The monoisotopic (exact) mass is 357 g/mol. The fourth-order valence-corrected chi connectivity index (χ4v) is 3.12. The Morgan fingerprint density at radius 1 is 1.36 bits per heavy atom. The summed E-state index contributed by atoms with van der Waals surface area (Å²) < 4.78 is 7.79. The molecule has 0 saturated carbocycles. The van der Waals surface area contributed by atoms with Gasteiger partial charge in [-0.05, 0) is 19.1 Å². The van der Waals surface area contributed by atoms with Crippen LogP contribution in [0.1, 0.15) is 12.6 Å². The van der Waals surface area contributed by atoms with E-state index in [9.17, 15) is 0 Å². The predicted octanol–water partition coefficient (Wildman–Crippen LogP) is 2.87. The summed E-state index contributed by atoms with van der Waals surface area (Å²) in [7, 11) is 2.02. The molecule has 0 amide bonds. The minimum atomic E-state index is 0.556. The maximum atomic E-state index is 5.76. The number of nitrogens with one attached hydrogen (secondary N) is 1. The van der Waals surface area contributed by atoms with Crippen LogP contribution in [-0.2, 0) is 6.54 Å². The minimum Gasteiger partial charge on any atom is -0.492 e. The van der Waals surface area contributed by atoms with E-state index in [2.05, 4.69) is 27.1 Å². The fourth-order valence-electron chi connectivity index (χ4n) is 2.40. The smallest absolute Gasteiger partial charge is 0.194 e. The van der Waals surface area contributed by atoms with Gasteiger partial charge in [-0.1, -0.05) is 18.2 Å². The largest absolute Gasteiger partial charge is 0.492 e. The van der Waals surface area contributed by atoms with Gasteiger partial charge in [0.25, 0.3) is 0 Å². The van der Waals surface area contributed by atoms with E-state index in [1.807, 2.05) is 59.6 Å². The van der Waals surface area contributed by atoms with Gasteiger partial charge < -0.3 is 15.0 Å². The number of benzene rings is 1. The van der Waals surface area contributed by atoms with Gasteiger partial charge in [0, 0.05) is 31.4 Å². The highest BCUT2D eigenvalue weighted by Gasteiger charge is 2.07. The van der Waals surface area contributed by atoms with Crippen molar-refractivity contribution in [2.45, 2.75) is 13.5 Å². The van der Waals surface area contributed by atoms with Gasteiger partial charge in [0.05, 0.1) is 18.8 Å². The van der Waals surface area contributed by atoms with E-state index in [-0.39, 0.29) is 0 Å². The molecule has 0 saturated heterocycles. The number of rotatable bonds is 7. The van der Waals surface area contributed by atoms with E-state index in [0.29, 0.717) is 13.2 Å².